The second kappa shape index (κ2) is 5.71. The van der Waals surface area contributed by atoms with Gasteiger partial charge >= 0.3 is 0 Å². The molecule has 0 saturated heterocycles. The van der Waals surface area contributed by atoms with E-state index in [9.17, 15) is 4.79 Å². The molecule has 0 saturated carbocycles. The standard InChI is InChI=1S/C13H11NO.H2O/c15-10-11-6-4-5-9-13(11)14-12-7-2-1-3-8-12;/h1-9,13-14H;1H2. The van der Waals surface area contributed by atoms with Crippen LogP contribution < -0.4 is 5.32 Å². The Balaban J connectivity index is 0.00000128. The van der Waals surface area contributed by atoms with Gasteiger partial charge in [0.1, 0.15) is 5.94 Å². The largest absolute Gasteiger partial charge is 0.412 e. The lowest BCUT2D eigenvalue weighted by Gasteiger charge is -2.17. The zero-order valence-corrected chi connectivity index (χ0v) is 8.68. The normalized spacial score (nSPS) is 17.5. The third-order valence-corrected chi connectivity index (χ3v) is 2.24. The Morgan fingerprint density at radius 3 is 2.56 bits per heavy atom. The molecule has 3 nitrogen and oxygen atoms in total. The summed E-state index contributed by atoms with van der Waals surface area (Å²) in [6.45, 7) is 0. The lowest BCUT2D eigenvalue weighted by molar-refractivity contribution is 0.567. The second-order valence-electron chi connectivity index (χ2n) is 3.29. The molecule has 0 aliphatic heterocycles. The molecule has 1 aromatic carbocycles. The first kappa shape index (κ1) is 12.0. The molecule has 0 radical (unpaired) electrons. The quantitative estimate of drug-likeness (QED) is 0.760. The van der Waals surface area contributed by atoms with Gasteiger partial charge in [0.15, 0.2) is 0 Å². The Morgan fingerprint density at radius 1 is 1.12 bits per heavy atom. The SMILES string of the molecule is O.O=C=C1C=CC=CC1Nc1ccccc1. The predicted molar refractivity (Wildman–Crippen MR) is 65.0 cm³/mol. The average molecular weight is 215 g/mol. The molecule has 2 rings (SSSR count). The van der Waals surface area contributed by atoms with Crippen molar-refractivity contribution < 1.29 is 10.3 Å². The summed E-state index contributed by atoms with van der Waals surface area (Å²) in [5, 5.41) is 3.24. The minimum atomic E-state index is -0.0742. The van der Waals surface area contributed by atoms with Gasteiger partial charge in [-0.15, -0.1) is 0 Å². The van der Waals surface area contributed by atoms with Crippen molar-refractivity contribution in [3.05, 3.63) is 60.2 Å². The summed E-state index contributed by atoms with van der Waals surface area (Å²) in [7, 11) is 0. The number of carbonyl (C=O) groups excluding carboxylic acids is 1. The van der Waals surface area contributed by atoms with Gasteiger partial charge in [-0.05, 0) is 18.2 Å². The average Bonchev–Trinajstić information content (AvgIpc) is 2.31. The fraction of sp³-hybridized carbons (Fsp3) is 0.0769. The zero-order chi connectivity index (χ0) is 10.5. The van der Waals surface area contributed by atoms with Crippen molar-refractivity contribution in [3.63, 3.8) is 0 Å². The van der Waals surface area contributed by atoms with Crippen LogP contribution in [0, 0.1) is 0 Å². The summed E-state index contributed by atoms with van der Waals surface area (Å²) in [4.78, 5) is 10.7. The first-order valence-corrected chi connectivity index (χ1v) is 4.81. The van der Waals surface area contributed by atoms with Crippen LogP contribution in [-0.2, 0) is 4.79 Å². The molecule has 1 aliphatic rings. The number of hydrogen-bond acceptors (Lipinski definition) is 2. The van der Waals surface area contributed by atoms with Gasteiger partial charge in [0, 0.05) is 5.69 Å². The topological polar surface area (TPSA) is 60.6 Å². The minimum absolute atomic E-state index is 0. The van der Waals surface area contributed by atoms with Crippen molar-refractivity contribution >= 4 is 11.6 Å². The fourth-order valence-corrected chi connectivity index (χ4v) is 1.48. The van der Waals surface area contributed by atoms with Crippen molar-refractivity contribution in [2.24, 2.45) is 0 Å². The maximum atomic E-state index is 10.7. The molecule has 1 unspecified atom stereocenters. The van der Waals surface area contributed by atoms with E-state index in [1.807, 2.05) is 54.5 Å². The highest BCUT2D eigenvalue weighted by Gasteiger charge is 2.11. The number of para-hydroxylation sites is 1. The van der Waals surface area contributed by atoms with Gasteiger partial charge in [-0.25, -0.2) is 4.79 Å². The van der Waals surface area contributed by atoms with Crippen molar-refractivity contribution in [1.82, 2.24) is 0 Å². The number of hydrogen-bond donors (Lipinski definition) is 1. The lowest BCUT2D eigenvalue weighted by atomic mass is 10.0. The van der Waals surface area contributed by atoms with Crippen LogP contribution in [0.4, 0.5) is 5.69 Å². The highest BCUT2D eigenvalue weighted by Crippen LogP contribution is 2.15. The minimum Gasteiger partial charge on any atom is -0.412 e. The van der Waals surface area contributed by atoms with E-state index in [0.717, 1.165) is 5.69 Å². The maximum Gasteiger partial charge on any atom is 0.130 e. The van der Waals surface area contributed by atoms with E-state index in [4.69, 9.17) is 0 Å². The summed E-state index contributed by atoms with van der Waals surface area (Å²) < 4.78 is 0. The number of rotatable bonds is 2. The molecule has 3 N–H and O–H groups in total. The molecule has 0 amide bonds. The van der Waals surface area contributed by atoms with Gasteiger partial charge in [-0.1, -0.05) is 36.4 Å². The molecule has 0 aromatic heterocycles. The summed E-state index contributed by atoms with van der Waals surface area (Å²) in [6, 6.07) is 9.72. The first-order chi connectivity index (χ1) is 7.40. The molecule has 1 aliphatic carbocycles. The molecular formula is C13H13NO2. The zero-order valence-electron chi connectivity index (χ0n) is 8.68. The van der Waals surface area contributed by atoms with Crippen molar-refractivity contribution in [3.8, 4) is 0 Å². The summed E-state index contributed by atoms with van der Waals surface area (Å²) in [5.74, 6) is 1.94. The van der Waals surface area contributed by atoms with Crippen LogP contribution in [0.5, 0.6) is 0 Å². The Morgan fingerprint density at radius 2 is 1.88 bits per heavy atom. The van der Waals surface area contributed by atoms with Crippen LogP contribution in [0.15, 0.2) is 60.2 Å². The summed E-state index contributed by atoms with van der Waals surface area (Å²) >= 11 is 0. The van der Waals surface area contributed by atoms with E-state index in [0.29, 0.717) is 5.57 Å². The second-order valence-corrected chi connectivity index (χ2v) is 3.29. The monoisotopic (exact) mass is 215 g/mol. The molecule has 16 heavy (non-hydrogen) atoms. The molecule has 3 heteroatoms. The van der Waals surface area contributed by atoms with E-state index in [1.54, 1.807) is 6.08 Å². The highest BCUT2D eigenvalue weighted by molar-refractivity contribution is 5.65. The summed E-state index contributed by atoms with van der Waals surface area (Å²) in [5.41, 5.74) is 1.62. The lowest BCUT2D eigenvalue weighted by Crippen LogP contribution is -2.20. The fourth-order valence-electron chi connectivity index (χ4n) is 1.48. The number of benzene rings is 1. The smallest absolute Gasteiger partial charge is 0.130 e. The van der Waals surface area contributed by atoms with Crippen molar-refractivity contribution in [1.29, 1.82) is 0 Å². The van der Waals surface area contributed by atoms with Gasteiger partial charge < -0.3 is 10.8 Å². The van der Waals surface area contributed by atoms with Crippen LogP contribution in [0.25, 0.3) is 0 Å². The van der Waals surface area contributed by atoms with Gasteiger partial charge in [0.05, 0.1) is 11.6 Å². The van der Waals surface area contributed by atoms with Crippen LogP contribution >= 0.6 is 0 Å². The Bertz CT molecular complexity index is 442. The molecular weight excluding hydrogens is 202 g/mol. The van der Waals surface area contributed by atoms with Crippen LogP contribution in [0.2, 0.25) is 0 Å². The van der Waals surface area contributed by atoms with Gasteiger partial charge in [0.25, 0.3) is 0 Å². The molecule has 0 bridgehead atoms. The van der Waals surface area contributed by atoms with Gasteiger partial charge in [-0.2, -0.15) is 0 Å². The molecule has 0 heterocycles. The Hall–Kier alpha value is -2.09. The highest BCUT2D eigenvalue weighted by atomic mass is 16.1. The molecule has 1 aromatic rings. The number of nitrogens with one attached hydrogen (secondary N) is 1. The van der Waals surface area contributed by atoms with E-state index >= 15 is 0 Å². The Kier molecular flexibility index (Phi) is 4.28. The van der Waals surface area contributed by atoms with Gasteiger partial charge in [0.2, 0.25) is 0 Å². The van der Waals surface area contributed by atoms with Crippen LogP contribution in [-0.4, -0.2) is 17.5 Å². The maximum absolute atomic E-state index is 10.7. The number of anilines is 1. The Labute approximate surface area is 94.1 Å². The summed E-state index contributed by atoms with van der Waals surface area (Å²) in [6.07, 6.45) is 7.46. The van der Waals surface area contributed by atoms with E-state index in [-0.39, 0.29) is 11.5 Å². The van der Waals surface area contributed by atoms with E-state index < -0.39 is 0 Å². The van der Waals surface area contributed by atoms with E-state index in [2.05, 4.69) is 5.32 Å². The van der Waals surface area contributed by atoms with Crippen molar-refractivity contribution in [2.75, 3.05) is 5.32 Å². The third-order valence-electron chi connectivity index (χ3n) is 2.24. The predicted octanol–water partition coefficient (Wildman–Crippen LogP) is 1.53. The first-order valence-electron chi connectivity index (χ1n) is 4.81. The van der Waals surface area contributed by atoms with Crippen molar-refractivity contribution in [2.45, 2.75) is 6.04 Å². The van der Waals surface area contributed by atoms with Crippen LogP contribution in [0.3, 0.4) is 0 Å². The molecule has 1 atom stereocenters. The van der Waals surface area contributed by atoms with Crippen LogP contribution in [0.1, 0.15) is 0 Å². The molecule has 82 valence electrons. The van der Waals surface area contributed by atoms with Gasteiger partial charge in [-0.3, -0.25) is 0 Å². The molecule has 0 spiro atoms. The number of allylic oxidation sites excluding steroid dienone is 2. The van der Waals surface area contributed by atoms with E-state index in [1.165, 1.54) is 0 Å². The third kappa shape index (κ3) is 2.70. The molecule has 0 fully saturated rings.